The number of anilines is 2. The van der Waals surface area contributed by atoms with E-state index in [1.807, 2.05) is 24.3 Å². The predicted molar refractivity (Wildman–Crippen MR) is 81.4 cm³/mol. The van der Waals surface area contributed by atoms with E-state index in [2.05, 4.69) is 36.5 Å². The monoisotopic (exact) mass is 334 g/mol. The molecule has 0 saturated heterocycles. The lowest BCUT2D eigenvalue weighted by molar-refractivity contribution is 0.376. The highest BCUT2D eigenvalue weighted by atomic mass is 79.9. The summed E-state index contributed by atoms with van der Waals surface area (Å²) in [6, 6.07) is 8.40. The minimum Gasteiger partial charge on any atom is -0.467 e. The van der Waals surface area contributed by atoms with Crippen LogP contribution in [0.3, 0.4) is 0 Å². The minimum atomic E-state index is 0.395. The van der Waals surface area contributed by atoms with Crippen molar-refractivity contribution in [2.75, 3.05) is 19.0 Å². The summed E-state index contributed by atoms with van der Waals surface area (Å²) in [5.74, 6) is 0.829. The fourth-order valence-corrected chi connectivity index (χ4v) is 2.47. The maximum absolute atomic E-state index is 5.18. The number of ether oxygens (including phenoxy) is 1. The summed E-state index contributed by atoms with van der Waals surface area (Å²) in [4.78, 5) is 8.84. The van der Waals surface area contributed by atoms with Gasteiger partial charge in [0, 0.05) is 22.3 Å². The lowest BCUT2D eigenvalue weighted by atomic mass is 10.1. The molecule has 1 aromatic carbocycles. The number of hydrogen-bond donors (Lipinski definition) is 2. The topological polar surface area (TPSA) is 59.1 Å². The molecule has 1 aromatic heterocycles. The van der Waals surface area contributed by atoms with Crippen LogP contribution < -0.4 is 15.4 Å². The van der Waals surface area contributed by atoms with Gasteiger partial charge in [-0.3, -0.25) is 0 Å². The molecule has 5 nitrogen and oxygen atoms in total. The van der Waals surface area contributed by atoms with Crippen molar-refractivity contribution in [3.63, 3.8) is 0 Å². The van der Waals surface area contributed by atoms with E-state index in [1.165, 1.54) is 0 Å². The zero-order valence-corrected chi connectivity index (χ0v) is 12.7. The van der Waals surface area contributed by atoms with E-state index in [-0.39, 0.29) is 0 Å². The Kier molecular flexibility index (Phi) is 3.84. The normalized spacial score (nSPS) is 13.7. The number of fused-ring (bicyclic) bond motifs is 1. The van der Waals surface area contributed by atoms with Gasteiger partial charge in [-0.2, -0.15) is 9.97 Å². The molecule has 0 bridgehead atoms. The molecule has 1 aliphatic rings. The first-order valence-corrected chi connectivity index (χ1v) is 7.22. The number of halogens is 1. The Bertz CT molecular complexity index is 615. The third-order valence-corrected chi connectivity index (χ3v) is 3.73. The molecule has 0 spiro atoms. The minimum absolute atomic E-state index is 0.395. The Balaban J connectivity index is 1.96. The van der Waals surface area contributed by atoms with Crippen molar-refractivity contribution in [3.8, 4) is 6.01 Å². The maximum atomic E-state index is 5.18. The summed E-state index contributed by atoms with van der Waals surface area (Å²) >= 11 is 3.43. The molecular formula is C14H15BrN4O. The molecule has 2 N–H and O–H groups in total. The second-order valence-electron chi connectivity index (χ2n) is 4.54. The molecule has 0 atom stereocenters. The van der Waals surface area contributed by atoms with Gasteiger partial charge in [-0.05, 0) is 37.2 Å². The molecule has 6 heteroatoms. The van der Waals surface area contributed by atoms with Crippen LogP contribution in [0.4, 0.5) is 11.5 Å². The number of nitrogens with one attached hydrogen (secondary N) is 2. The first-order valence-electron chi connectivity index (χ1n) is 6.43. The van der Waals surface area contributed by atoms with Gasteiger partial charge in [0.2, 0.25) is 0 Å². The lowest BCUT2D eigenvalue weighted by Crippen LogP contribution is -2.26. The van der Waals surface area contributed by atoms with Gasteiger partial charge < -0.3 is 15.4 Å². The Hall–Kier alpha value is -1.66. The largest absolute Gasteiger partial charge is 0.467 e. The number of nitrogens with zero attached hydrogens (tertiary/aromatic N) is 2. The summed E-state index contributed by atoms with van der Waals surface area (Å²) in [6.45, 7) is 1.70. The molecule has 0 unspecified atom stereocenters. The van der Waals surface area contributed by atoms with Crippen molar-refractivity contribution < 1.29 is 4.74 Å². The van der Waals surface area contributed by atoms with Crippen LogP contribution in [0.1, 0.15) is 11.3 Å². The van der Waals surface area contributed by atoms with Gasteiger partial charge in [0.25, 0.3) is 0 Å². The Morgan fingerprint density at radius 3 is 2.80 bits per heavy atom. The summed E-state index contributed by atoms with van der Waals surface area (Å²) in [5, 5.41) is 6.67. The first kappa shape index (κ1) is 13.3. The summed E-state index contributed by atoms with van der Waals surface area (Å²) in [6.07, 6.45) is 0.915. The van der Waals surface area contributed by atoms with Crippen LogP contribution in [-0.4, -0.2) is 23.6 Å². The highest BCUT2D eigenvalue weighted by Crippen LogP contribution is 2.26. The molecule has 0 fully saturated rings. The third kappa shape index (κ3) is 2.76. The van der Waals surface area contributed by atoms with Crippen molar-refractivity contribution >= 4 is 27.4 Å². The fraction of sp³-hybridized carbons (Fsp3) is 0.286. The van der Waals surface area contributed by atoms with Crippen LogP contribution in [0.5, 0.6) is 6.01 Å². The van der Waals surface area contributed by atoms with E-state index >= 15 is 0 Å². The van der Waals surface area contributed by atoms with E-state index in [0.29, 0.717) is 6.01 Å². The van der Waals surface area contributed by atoms with E-state index in [0.717, 1.165) is 46.7 Å². The maximum Gasteiger partial charge on any atom is 0.318 e. The standard InChI is InChI=1S/C14H15BrN4O/c1-20-14-18-12-8-16-7-6-11(12)13(19-14)17-10-4-2-9(15)3-5-10/h2-5,16H,6-8H2,1H3,(H,17,18,19). The SMILES string of the molecule is COc1nc2c(c(Nc3ccc(Br)cc3)n1)CCNC2. The quantitative estimate of drug-likeness (QED) is 0.903. The van der Waals surface area contributed by atoms with E-state index in [1.54, 1.807) is 7.11 Å². The van der Waals surface area contributed by atoms with Crippen molar-refractivity contribution in [2.24, 2.45) is 0 Å². The number of methoxy groups -OCH3 is 1. The second kappa shape index (κ2) is 5.76. The fourth-order valence-electron chi connectivity index (χ4n) is 2.20. The smallest absolute Gasteiger partial charge is 0.318 e. The molecule has 2 heterocycles. The van der Waals surface area contributed by atoms with Crippen molar-refractivity contribution in [2.45, 2.75) is 13.0 Å². The number of benzene rings is 1. The Morgan fingerprint density at radius 2 is 2.05 bits per heavy atom. The molecule has 0 aliphatic carbocycles. The van der Waals surface area contributed by atoms with Gasteiger partial charge in [0.15, 0.2) is 0 Å². The average molecular weight is 335 g/mol. The zero-order valence-electron chi connectivity index (χ0n) is 11.1. The van der Waals surface area contributed by atoms with Gasteiger partial charge in [-0.25, -0.2) is 0 Å². The Morgan fingerprint density at radius 1 is 1.25 bits per heavy atom. The first-order chi connectivity index (χ1) is 9.76. The van der Waals surface area contributed by atoms with Gasteiger partial charge in [-0.15, -0.1) is 0 Å². The van der Waals surface area contributed by atoms with E-state index < -0.39 is 0 Å². The van der Waals surface area contributed by atoms with Crippen LogP contribution in [0.2, 0.25) is 0 Å². The zero-order chi connectivity index (χ0) is 13.9. The van der Waals surface area contributed by atoms with E-state index in [9.17, 15) is 0 Å². The molecular weight excluding hydrogens is 320 g/mol. The van der Waals surface area contributed by atoms with Crippen molar-refractivity contribution in [1.82, 2.24) is 15.3 Å². The van der Waals surface area contributed by atoms with Gasteiger partial charge >= 0.3 is 6.01 Å². The Labute approximate surface area is 125 Å². The van der Waals surface area contributed by atoms with Gasteiger partial charge in [-0.1, -0.05) is 15.9 Å². The lowest BCUT2D eigenvalue weighted by Gasteiger charge is -2.20. The third-order valence-electron chi connectivity index (χ3n) is 3.21. The predicted octanol–water partition coefficient (Wildman–Crippen LogP) is 2.64. The van der Waals surface area contributed by atoms with E-state index in [4.69, 9.17) is 4.74 Å². The molecule has 3 rings (SSSR count). The van der Waals surface area contributed by atoms with Crippen LogP contribution in [0.25, 0.3) is 0 Å². The highest BCUT2D eigenvalue weighted by Gasteiger charge is 2.18. The molecule has 2 aromatic rings. The van der Waals surface area contributed by atoms with Crippen LogP contribution in [0.15, 0.2) is 28.7 Å². The van der Waals surface area contributed by atoms with Crippen LogP contribution in [0, 0.1) is 0 Å². The van der Waals surface area contributed by atoms with Gasteiger partial charge in [0.05, 0.1) is 12.8 Å². The second-order valence-corrected chi connectivity index (χ2v) is 5.46. The molecule has 1 aliphatic heterocycles. The van der Waals surface area contributed by atoms with Gasteiger partial charge in [0.1, 0.15) is 5.82 Å². The number of hydrogen-bond acceptors (Lipinski definition) is 5. The summed E-state index contributed by atoms with van der Waals surface area (Å²) in [7, 11) is 1.58. The molecule has 0 amide bonds. The molecule has 0 radical (unpaired) electrons. The molecule has 0 saturated carbocycles. The average Bonchev–Trinajstić information content (AvgIpc) is 2.49. The van der Waals surface area contributed by atoms with Crippen LogP contribution in [-0.2, 0) is 13.0 Å². The summed E-state index contributed by atoms with van der Waals surface area (Å²) in [5.41, 5.74) is 3.16. The number of rotatable bonds is 3. The molecule has 20 heavy (non-hydrogen) atoms. The summed E-state index contributed by atoms with van der Waals surface area (Å²) < 4.78 is 6.23. The molecule has 104 valence electrons. The highest BCUT2D eigenvalue weighted by molar-refractivity contribution is 9.10. The number of aromatic nitrogens is 2. The van der Waals surface area contributed by atoms with Crippen molar-refractivity contribution in [3.05, 3.63) is 40.0 Å². The van der Waals surface area contributed by atoms with Crippen LogP contribution >= 0.6 is 15.9 Å². The van der Waals surface area contributed by atoms with Crippen molar-refractivity contribution in [1.29, 1.82) is 0 Å².